The number of nitrogens with one attached hydrogen (secondary N) is 1. The molecule has 1 aromatic heterocycles. The molecule has 0 aliphatic carbocycles. The maximum Gasteiger partial charge on any atom is 0.244 e. The van der Waals surface area contributed by atoms with Crippen molar-refractivity contribution < 1.29 is 14.3 Å². The normalized spacial score (nSPS) is 15.5. The average Bonchev–Trinajstić information content (AvgIpc) is 2.75. The highest BCUT2D eigenvalue weighted by atomic mass is 16.5. The van der Waals surface area contributed by atoms with Crippen molar-refractivity contribution in [1.29, 1.82) is 0 Å². The molecule has 1 saturated heterocycles. The van der Waals surface area contributed by atoms with Gasteiger partial charge in [-0.2, -0.15) is 0 Å². The van der Waals surface area contributed by atoms with Gasteiger partial charge in [0.15, 0.2) is 11.5 Å². The van der Waals surface area contributed by atoms with Crippen LogP contribution in [0.15, 0.2) is 48.7 Å². The minimum Gasteiger partial charge on any atom is -0.493 e. The average molecular weight is 410 g/mol. The summed E-state index contributed by atoms with van der Waals surface area (Å²) in [4.78, 5) is 19.1. The van der Waals surface area contributed by atoms with Gasteiger partial charge in [0.1, 0.15) is 0 Å². The van der Waals surface area contributed by atoms with E-state index >= 15 is 0 Å². The number of carbonyl (C=O) groups excluding carboxylic acids is 1. The number of piperidine rings is 1. The number of pyridine rings is 1. The topological polar surface area (TPSA) is 63.7 Å². The van der Waals surface area contributed by atoms with Crippen LogP contribution in [0.25, 0.3) is 6.08 Å². The van der Waals surface area contributed by atoms with Gasteiger partial charge in [-0.1, -0.05) is 12.1 Å². The first-order valence-electron chi connectivity index (χ1n) is 10.5. The SMILES string of the molecule is COc1cc(C=CC(=O)NC2CCN(Cc3ccccn3)CC2)ccc1OC(C)C. The minimum absolute atomic E-state index is 0.0698. The summed E-state index contributed by atoms with van der Waals surface area (Å²) in [5.74, 6) is 1.29. The first-order valence-corrected chi connectivity index (χ1v) is 10.5. The van der Waals surface area contributed by atoms with E-state index in [0.29, 0.717) is 11.5 Å². The summed E-state index contributed by atoms with van der Waals surface area (Å²) in [6, 6.07) is 11.9. The smallest absolute Gasteiger partial charge is 0.244 e. The van der Waals surface area contributed by atoms with Crippen molar-refractivity contribution in [2.45, 2.75) is 45.4 Å². The molecule has 0 atom stereocenters. The van der Waals surface area contributed by atoms with Crippen LogP contribution in [-0.4, -0.2) is 48.1 Å². The first kappa shape index (κ1) is 21.8. The van der Waals surface area contributed by atoms with Crippen molar-refractivity contribution >= 4 is 12.0 Å². The molecule has 1 aliphatic rings. The van der Waals surface area contributed by atoms with E-state index in [1.165, 1.54) is 0 Å². The molecule has 0 spiro atoms. The van der Waals surface area contributed by atoms with Crippen LogP contribution in [0.5, 0.6) is 11.5 Å². The second-order valence-electron chi connectivity index (χ2n) is 7.79. The van der Waals surface area contributed by atoms with E-state index in [4.69, 9.17) is 9.47 Å². The van der Waals surface area contributed by atoms with Gasteiger partial charge in [-0.15, -0.1) is 0 Å². The van der Waals surface area contributed by atoms with E-state index < -0.39 is 0 Å². The lowest BCUT2D eigenvalue weighted by molar-refractivity contribution is -0.117. The number of rotatable bonds is 8. The Balaban J connectivity index is 1.47. The molecule has 160 valence electrons. The van der Waals surface area contributed by atoms with Gasteiger partial charge in [-0.3, -0.25) is 14.7 Å². The van der Waals surface area contributed by atoms with Crippen LogP contribution in [-0.2, 0) is 11.3 Å². The number of nitrogens with zero attached hydrogens (tertiary/aromatic N) is 2. The van der Waals surface area contributed by atoms with Gasteiger partial charge < -0.3 is 14.8 Å². The Morgan fingerprint density at radius 3 is 2.70 bits per heavy atom. The molecule has 6 nitrogen and oxygen atoms in total. The van der Waals surface area contributed by atoms with Crippen LogP contribution >= 0.6 is 0 Å². The fraction of sp³-hybridized carbons (Fsp3) is 0.417. The van der Waals surface area contributed by atoms with Gasteiger partial charge in [-0.05, 0) is 62.6 Å². The van der Waals surface area contributed by atoms with Crippen molar-refractivity contribution in [2.75, 3.05) is 20.2 Å². The highest BCUT2D eigenvalue weighted by Gasteiger charge is 2.20. The number of aromatic nitrogens is 1. The molecule has 30 heavy (non-hydrogen) atoms. The van der Waals surface area contributed by atoms with Gasteiger partial charge >= 0.3 is 0 Å². The van der Waals surface area contributed by atoms with Gasteiger partial charge in [0, 0.05) is 37.9 Å². The van der Waals surface area contributed by atoms with Gasteiger partial charge in [0.25, 0.3) is 0 Å². The predicted molar refractivity (Wildman–Crippen MR) is 118 cm³/mol. The molecule has 6 heteroatoms. The summed E-state index contributed by atoms with van der Waals surface area (Å²) >= 11 is 0. The van der Waals surface area contributed by atoms with Crippen molar-refractivity contribution in [3.63, 3.8) is 0 Å². The van der Waals surface area contributed by atoms with Gasteiger partial charge in [0.05, 0.1) is 18.9 Å². The molecule has 0 saturated carbocycles. The van der Waals surface area contributed by atoms with Crippen LogP contribution in [0.1, 0.15) is 37.9 Å². The Kier molecular flexibility index (Phi) is 7.85. The summed E-state index contributed by atoms with van der Waals surface area (Å²) < 4.78 is 11.1. The monoisotopic (exact) mass is 409 g/mol. The van der Waals surface area contributed by atoms with Crippen LogP contribution in [0.2, 0.25) is 0 Å². The fourth-order valence-corrected chi connectivity index (χ4v) is 3.52. The molecular weight excluding hydrogens is 378 g/mol. The lowest BCUT2D eigenvalue weighted by Gasteiger charge is -2.31. The molecule has 1 aliphatic heterocycles. The molecular formula is C24H31N3O3. The molecule has 1 fully saturated rings. The quantitative estimate of drug-likeness (QED) is 0.674. The zero-order valence-electron chi connectivity index (χ0n) is 18.0. The Labute approximate surface area is 178 Å². The zero-order chi connectivity index (χ0) is 21.3. The minimum atomic E-state index is -0.0698. The molecule has 1 N–H and O–H groups in total. The maximum atomic E-state index is 12.3. The van der Waals surface area contributed by atoms with E-state index in [0.717, 1.165) is 43.7 Å². The third-order valence-electron chi connectivity index (χ3n) is 5.02. The third-order valence-corrected chi connectivity index (χ3v) is 5.02. The number of hydrogen-bond acceptors (Lipinski definition) is 5. The van der Waals surface area contributed by atoms with Crippen LogP contribution < -0.4 is 14.8 Å². The Morgan fingerprint density at radius 1 is 1.23 bits per heavy atom. The van der Waals surface area contributed by atoms with Crippen molar-refractivity contribution in [3.05, 3.63) is 59.9 Å². The molecule has 2 heterocycles. The second kappa shape index (κ2) is 10.8. The first-order chi connectivity index (χ1) is 14.5. The van der Waals surface area contributed by atoms with Crippen LogP contribution in [0.4, 0.5) is 0 Å². The molecule has 0 radical (unpaired) electrons. The largest absolute Gasteiger partial charge is 0.493 e. The van der Waals surface area contributed by atoms with Crippen molar-refractivity contribution in [1.82, 2.24) is 15.2 Å². The van der Waals surface area contributed by atoms with Crippen LogP contribution in [0, 0.1) is 0 Å². The predicted octanol–water partition coefficient (Wildman–Crippen LogP) is 3.67. The van der Waals surface area contributed by atoms with Gasteiger partial charge in [-0.25, -0.2) is 0 Å². The van der Waals surface area contributed by atoms with Crippen molar-refractivity contribution in [2.24, 2.45) is 0 Å². The summed E-state index contributed by atoms with van der Waals surface area (Å²) in [6.07, 6.45) is 7.17. The third kappa shape index (κ3) is 6.59. The molecule has 2 aromatic rings. The number of carbonyl (C=O) groups is 1. The van der Waals surface area contributed by atoms with E-state index in [1.807, 2.05) is 50.4 Å². The summed E-state index contributed by atoms with van der Waals surface area (Å²) in [5, 5.41) is 3.12. The molecule has 3 rings (SSSR count). The van der Waals surface area contributed by atoms with E-state index in [-0.39, 0.29) is 18.1 Å². The highest BCUT2D eigenvalue weighted by molar-refractivity contribution is 5.92. The molecule has 1 amide bonds. The number of amides is 1. The number of likely N-dealkylation sites (tertiary alicyclic amines) is 1. The lowest BCUT2D eigenvalue weighted by Crippen LogP contribution is -2.43. The van der Waals surface area contributed by atoms with E-state index in [2.05, 4.69) is 21.3 Å². The van der Waals surface area contributed by atoms with E-state index in [9.17, 15) is 4.79 Å². The Hall–Kier alpha value is -2.86. The maximum absolute atomic E-state index is 12.3. The fourth-order valence-electron chi connectivity index (χ4n) is 3.52. The summed E-state index contributed by atoms with van der Waals surface area (Å²) in [6.45, 7) is 6.72. The Morgan fingerprint density at radius 2 is 2.03 bits per heavy atom. The number of hydrogen-bond donors (Lipinski definition) is 1. The summed E-state index contributed by atoms with van der Waals surface area (Å²) in [5.41, 5.74) is 1.98. The number of ether oxygens (including phenoxy) is 2. The summed E-state index contributed by atoms with van der Waals surface area (Å²) in [7, 11) is 1.61. The molecule has 0 unspecified atom stereocenters. The molecule has 0 bridgehead atoms. The number of benzene rings is 1. The highest BCUT2D eigenvalue weighted by Crippen LogP contribution is 2.29. The van der Waals surface area contributed by atoms with E-state index in [1.54, 1.807) is 19.3 Å². The van der Waals surface area contributed by atoms with Crippen molar-refractivity contribution in [3.8, 4) is 11.5 Å². The Bertz CT molecular complexity index is 844. The van der Waals surface area contributed by atoms with Gasteiger partial charge in [0.2, 0.25) is 5.91 Å². The molecule has 1 aromatic carbocycles. The van der Waals surface area contributed by atoms with Crippen LogP contribution in [0.3, 0.4) is 0 Å². The standard InChI is InChI=1S/C24H31N3O3/c1-18(2)30-22-9-7-19(16-23(22)29-3)8-10-24(28)26-20-11-14-27(15-12-20)17-21-6-4-5-13-25-21/h4-10,13,16,18,20H,11-12,14-15,17H2,1-3H3,(H,26,28). The second-order valence-corrected chi connectivity index (χ2v) is 7.79. The number of methoxy groups -OCH3 is 1. The zero-order valence-corrected chi connectivity index (χ0v) is 18.0. The lowest BCUT2D eigenvalue weighted by atomic mass is 10.0.